The van der Waals surface area contributed by atoms with E-state index < -0.39 is 6.17 Å². The highest BCUT2D eigenvalue weighted by molar-refractivity contribution is 6.30. The van der Waals surface area contributed by atoms with Gasteiger partial charge in [-0.3, -0.25) is 19.2 Å². The monoisotopic (exact) mass is 479 g/mol. The lowest BCUT2D eigenvalue weighted by atomic mass is 9.93. The smallest absolute Gasteiger partial charge is 0.258 e. The fraction of sp³-hybridized carbons (Fsp3) is 0.333. The summed E-state index contributed by atoms with van der Waals surface area (Å²) in [5.41, 5.74) is 5.30. The van der Waals surface area contributed by atoms with Crippen LogP contribution in [-0.2, 0) is 19.6 Å². The predicted octanol–water partition coefficient (Wildman–Crippen LogP) is 5.35. The molecule has 1 aliphatic carbocycles. The van der Waals surface area contributed by atoms with Gasteiger partial charge in [-0.1, -0.05) is 29.8 Å². The fourth-order valence-electron chi connectivity index (χ4n) is 4.57. The van der Waals surface area contributed by atoms with Crippen LogP contribution in [0.3, 0.4) is 0 Å². The highest BCUT2D eigenvalue weighted by Gasteiger charge is 2.19. The Bertz CT molecular complexity index is 1250. The number of hydrogen-bond donors (Lipinski definition) is 0. The Morgan fingerprint density at radius 1 is 1.09 bits per heavy atom. The summed E-state index contributed by atoms with van der Waals surface area (Å²) in [6.07, 6.45) is 7.73. The van der Waals surface area contributed by atoms with E-state index in [4.69, 9.17) is 16.3 Å². The summed E-state index contributed by atoms with van der Waals surface area (Å²) in [4.78, 5) is 19.3. The highest BCUT2D eigenvalue weighted by Crippen LogP contribution is 2.28. The maximum absolute atomic E-state index is 13.4. The van der Waals surface area contributed by atoms with Crippen molar-refractivity contribution in [2.45, 2.75) is 45.0 Å². The minimum atomic E-state index is -0.645. The number of nitrogens with zero attached hydrogens (tertiary/aromatic N) is 3. The number of aromatic nitrogens is 2. The van der Waals surface area contributed by atoms with E-state index in [-0.39, 0.29) is 12.2 Å². The number of fused-ring (bicyclic) bond motifs is 1. The van der Waals surface area contributed by atoms with Gasteiger partial charge < -0.3 is 4.74 Å². The second-order valence-electron chi connectivity index (χ2n) is 8.95. The van der Waals surface area contributed by atoms with Gasteiger partial charge in [0.2, 0.25) is 0 Å². The third kappa shape index (κ3) is 5.40. The fourth-order valence-corrected chi connectivity index (χ4v) is 4.69. The number of likely N-dealkylation sites (tertiary alicyclic amines) is 1. The first-order valence-electron chi connectivity index (χ1n) is 11.7. The quantitative estimate of drug-likeness (QED) is 0.478. The van der Waals surface area contributed by atoms with E-state index in [1.165, 1.54) is 17.2 Å². The second-order valence-corrected chi connectivity index (χ2v) is 9.38. The average Bonchev–Trinajstić information content (AvgIpc) is 2.85. The summed E-state index contributed by atoms with van der Waals surface area (Å²) in [5.74, 6) is 0.510. The molecule has 34 heavy (non-hydrogen) atoms. The molecule has 5 rings (SSSR count). The van der Waals surface area contributed by atoms with Crippen molar-refractivity contribution in [3.63, 3.8) is 0 Å². The zero-order chi connectivity index (χ0) is 23.5. The number of hydrogen-bond acceptors (Lipinski definition) is 4. The number of ether oxygens (including phenoxy) is 1. The van der Waals surface area contributed by atoms with E-state index in [1.54, 1.807) is 35.2 Å². The van der Waals surface area contributed by atoms with Gasteiger partial charge in [0.05, 0.1) is 10.7 Å². The third-order valence-electron chi connectivity index (χ3n) is 6.48. The lowest BCUT2D eigenvalue weighted by Gasteiger charge is -2.29. The van der Waals surface area contributed by atoms with Gasteiger partial charge in [0, 0.05) is 43.8 Å². The molecule has 176 valence electrons. The largest absolute Gasteiger partial charge is 0.487 e. The van der Waals surface area contributed by atoms with Gasteiger partial charge in [0.25, 0.3) is 5.56 Å². The van der Waals surface area contributed by atoms with Gasteiger partial charge in [-0.05, 0) is 66.6 Å². The Hall–Kier alpha value is -2.96. The summed E-state index contributed by atoms with van der Waals surface area (Å²) in [7, 11) is 0. The lowest BCUT2D eigenvalue weighted by molar-refractivity contribution is 0.145. The standard InChI is InChI=1S/C27H27ClFN3O2/c28-22-4-5-24(30-16-22)18-34-26-9-12-32(27(33)15-26)25-6-3-20-13-19(1-2-21(20)14-25)17-31-10-7-23(29)8-11-31/h1-2,4-5,9,12-16,23H,3,6-8,10-11,17-18H2. The molecule has 0 spiro atoms. The Kier molecular flexibility index (Phi) is 6.79. The number of pyridine rings is 2. The molecule has 3 aromatic rings. The van der Waals surface area contributed by atoms with Crippen LogP contribution in [0.2, 0.25) is 5.02 Å². The van der Waals surface area contributed by atoms with Crippen LogP contribution < -0.4 is 10.3 Å². The maximum Gasteiger partial charge on any atom is 0.258 e. The van der Waals surface area contributed by atoms with Gasteiger partial charge >= 0.3 is 0 Å². The first-order valence-corrected chi connectivity index (χ1v) is 12.1. The molecule has 3 heterocycles. The van der Waals surface area contributed by atoms with E-state index in [2.05, 4.69) is 34.2 Å². The van der Waals surface area contributed by atoms with E-state index in [1.807, 2.05) is 0 Å². The molecule has 0 unspecified atom stereocenters. The van der Waals surface area contributed by atoms with Crippen LogP contribution in [-0.4, -0.2) is 33.7 Å². The molecule has 0 bridgehead atoms. The van der Waals surface area contributed by atoms with Crippen molar-refractivity contribution in [3.8, 4) is 5.75 Å². The molecule has 1 aliphatic heterocycles. The van der Waals surface area contributed by atoms with Crippen LogP contribution in [0.15, 0.2) is 59.7 Å². The van der Waals surface area contributed by atoms with Crippen LogP contribution in [0.1, 0.15) is 41.6 Å². The predicted molar refractivity (Wildman–Crippen MR) is 133 cm³/mol. The molecular formula is C27H27ClFN3O2. The molecule has 0 saturated carbocycles. The molecule has 7 heteroatoms. The molecule has 0 N–H and O–H groups in total. The molecule has 1 aromatic carbocycles. The molecular weight excluding hydrogens is 453 g/mol. The number of aryl methyl sites for hydroxylation is 1. The van der Waals surface area contributed by atoms with Crippen molar-refractivity contribution in [3.05, 3.63) is 92.6 Å². The molecule has 2 aromatic heterocycles. The van der Waals surface area contributed by atoms with Crippen LogP contribution >= 0.6 is 11.6 Å². The molecule has 0 amide bonds. The van der Waals surface area contributed by atoms with Crippen molar-refractivity contribution in [1.82, 2.24) is 14.5 Å². The molecule has 0 radical (unpaired) electrons. The summed E-state index contributed by atoms with van der Waals surface area (Å²) in [6.45, 7) is 2.77. The second kappa shape index (κ2) is 10.1. The number of rotatable bonds is 6. The average molecular weight is 480 g/mol. The molecule has 5 nitrogen and oxygen atoms in total. The van der Waals surface area contributed by atoms with Crippen molar-refractivity contribution < 1.29 is 9.13 Å². The topological polar surface area (TPSA) is 47.4 Å². The minimum Gasteiger partial charge on any atom is -0.487 e. The maximum atomic E-state index is 13.4. The van der Waals surface area contributed by atoms with Crippen molar-refractivity contribution >= 4 is 23.4 Å². The van der Waals surface area contributed by atoms with E-state index in [0.717, 1.165) is 49.4 Å². The van der Waals surface area contributed by atoms with Crippen molar-refractivity contribution in [1.29, 1.82) is 0 Å². The number of allylic oxidation sites excluding steroid dienone is 1. The van der Waals surface area contributed by atoms with Gasteiger partial charge in [0.1, 0.15) is 18.5 Å². The van der Waals surface area contributed by atoms with E-state index in [9.17, 15) is 9.18 Å². The van der Waals surface area contributed by atoms with Crippen LogP contribution in [0.5, 0.6) is 5.75 Å². The summed E-state index contributed by atoms with van der Waals surface area (Å²) >= 11 is 5.86. The highest BCUT2D eigenvalue weighted by atomic mass is 35.5. The SMILES string of the molecule is O=c1cc(OCc2ccc(Cl)cn2)ccn1C1=Cc2ccc(CN3CCC(F)CC3)cc2CC1. The molecule has 0 atom stereocenters. The van der Waals surface area contributed by atoms with Crippen LogP contribution in [0, 0.1) is 0 Å². The summed E-state index contributed by atoms with van der Waals surface area (Å²) < 4.78 is 20.8. The molecule has 2 aliphatic rings. The first kappa shape index (κ1) is 22.8. The third-order valence-corrected chi connectivity index (χ3v) is 6.70. The molecule has 1 fully saturated rings. The Morgan fingerprint density at radius 2 is 1.94 bits per heavy atom. The Labute approximate surface area is 203 Å². The number of halogens is 2. The van der Waals surface area contributed by atoms with Gasteiger partial charge in [0.15, 0.2) is 0 Å². The van der Waals surface area contributed by atoms with Gasteiger partial charge in [-0.25, -0.2) is 4.39 Å². The first-order chi connectivity index (χ1) is 16.5. The normalized spacial score (nSPS) is 16.7. The van der Waals surface area contributed by atoms with Crippen molar-refractivity contribution in [2.75, 3.05) is 13.1 Å². The Morgan fingerprint density at radius 3 is 2.71 bits per heavy atom. The van der Waals surface area contributed by atoms with Gasteiger partial charge in [-0.15, -0.1) is 0 Å². The summed E-state index contributed by atoms with van der Waals surface area (Å²) in [5, 5.41) is 0.572. The minimum absolute atomic E-state index is 0.121. The van der Waals surface area contributed by atoms with Gasteiger partial charge in [-0.2, -0.15) is 0 Å². The molecule has 1 saturated heterocycles. The number of alkyl halides is 1. The van der Waals surface area contributed by atoms with E-state index >= 15 is 0 Å². The van der Waals surface area contributed by atoms with Crippen LogP contribution in [0.25, 0.3) is 11.8 Å². The van der Waals surface area contributed by atoms with Crippen LogP contribution in [0.4, 0.5) is 4.39 Å². The summed E-state index contributed by atoms with van der Waals surface area (Å²) in [6, 6.07) is 13.4. The Balaban J connectivity index is 1.26. The number of benzene rings is 1. The van der Waals surface area contributed by atoms with E-state index in [0.29, 0.717) is 23.6 Å². The number of piperidine rings is 1. The zero-order valence-corrected chi connectivity index (χ0v) is 19.7. The lowest BCUT2D eigenvalue weighted by Crippen LogP contribution is -2.33. The van der Waals surface area contributed by atoms with Crippen molar-refractivity contribution in [2.24, 2.45) is 0 Å². The zero-order valence-electron chi connectivity index (χ0n) is 18.9.